The summed E-state index contributed by atoms with van der Waals surface area (Å²) in [6.07, 6.45) is -7.09. The van der Waals surface area contributed by atoms with Gasteiger partial charge >= 0.3 is 36.0 Å². The predicted molar refractivity (Wildman–Crippen MR) is 204 cm³/mol. The van der Waals surface area contributed by atoms with Crippen LogP contribution in [0, 0.1) is 13.8 Å². The highest BCUT2D eigenvalue weighted by Crippen LogP contribution is 2.36. The number of aromatic amines is 1. The van der Waals surface area contributed by atoms with Crippen LogP contribution in [0.1, 0.15) is 81.3 Å². The lowest BCUT2D eigenvalue weighted by atomic mass is 10.0. The summed E-state index contributed by atoms with van der Waals surface area (Å²) in [5.74, 6) is -6.05. The molecule has 1 aliphatic rings. The molecule has 3 N–H and O–H groups in total. The Labute approximate surface area is 335 Å². The van der Waals surface area contributed by atoms with Gasteiger partial charge in [-0.05, 0) is 91.4 Å². The average Bonchev–Trinajstić information content (AvgIpc) is 3.64. The highest BCUT2D eigenvalue weighted by molar-refractivity contribution is 6.35. The van der Waals surface area contributed by atoms with E-state index >= 15 is 0 Å². The quantitative estimate of drug-likeness (QED) is 0.0848. The lowest BCUT2D eigenvalue weighted by molar-refractivity contribution is -0.185. The monoisotopic (exact) mass is 814 g/mol. The van der Waals surface area contributed by atoms with Crippen molar-refractivity contribution < 1.29 is 71.5 Å². The Bertz CT molecular complexity index is 1930. The molecule has 0 spiro atoms. The molecule has 0 aliphatic carbocycles. The fraction of sp³-hybridized carbons (Fsp3) is 0.487. The van der Waals surface area contributed by atoms with E-state index in [9.17, 15) is 38.4 Å². The second-order valence-corrected chi connectivity index (χ2v) is 13.1. The van der Waals surface area contributed by atoms with Crippen molar-refractivity contribution >= 4 is 65.2 Å². The summed E-state index contributed by atoms with van der Waals surface area (Å²) < 4.78 is 34.2. The van der Waals surface area contributed by atoms with Crippen LogP contribution >= 0.6 is 0 Å². The highest BCUT2D eigenvalue weighted by Gasteiger charge is 2.32. The fourth-order valence-electron chi connectivity index (χ4n) is 5.47. The molecule has 1 aromatic carbocycles. The molecule has 3 rings (SSSR count). The number of hydrogen-bond acceptors (Lipinski definition) is 16. The van der Waals surface area contributed by atoms with E-state index in [1.54, 1.807) is 32.1 Å². The van der Waals surface area contributed by atoms with Gasteiger partial charge in [0.25, 0.3) is 11.8 Å². The first-order valence-electron chi connectivity index (χ1n) is 18.5. The maximum Gasteiger partial charge on any atom is 0.515 e. The number of hydrogen-bond donors (Lipinski definition) is 3. The first-order chi connectivity index (χ1) is 27.3. The normalized spacial score (nSPS) is 15.2. The van der Waals surface area contributed by atoms with Crippen LogP contribution in [0.25, 0.3) is 11.6 Å². The van der Waals surface area contributed by atoms with Crippen LogP contribution in [0.5, 0.6) is 5.75 Å². The number of likely N-dealkylation sites (N-methyl/N-ethyl adjacent to an activating group) is 1. The number of carbonyl (C=O) groups is 8. The number of aryl methyl sites for hydroxylation is 1. The number of amides is 2. The summed E-state index contributed by atoms with van der Waals surface area (Å²) in [7, 11) is 0.970. The third kappa shape index (κ3) is 12.1. The lowest BCUT2D eigenvalue weighted by Gasteiger charge is -2.20. The Morgan fingerprint density at radius 2 is 1.29 bits per heavy atom. The van der Waals surface area contributed by atoms with Crippen molar-refractivity contribution in [1.29, 1.82) is 0 Å². The molecule has 19 heteroatoms. The molecule has 0 bridgehead atoms. The van der Waals surface area contributed by atoms with Gasteiger partial charge in [-0.1, -0.05) is 13.8 Å². The summed E-state index contributed by atoms with van der Waals surface area (Å²) in [5.41, 5.74) is 3.64. The van der Waals surface area contributed by atoms with Gasteiger partial charge in [-0.2, -0.15) is 0 Å². The number of fused-ring (bicyclic) bond motifs is 1. The van der Waals surface area contributed by atoms with Crippen molar-refractivity contribution in [1.82, 2.24) is 15.2 Å². The topological polar surface area (TPSA) is 244 Å². The molecule has 5 unspecified atom stereocenters. The number of nitrogens with zero attached hydrogens (tertiary/aromatic N) is 1. The number of rotatable bonds is 18. The van der Waals surface area contributed by atoms with Crippen molar-refractivity contribution in [2.24, 2.45) is 0 Å². The van der Waals surface area contributed by atoms with E-state index in [0.29, 0.717) is 52.4 Å². The Hall–Kier alpha value is -6.24. The van der Waals surface area contributed by atoms with Gasteiger partial charge in [-0.15, -0.1) is 0 Å². The molecule has 0 radical (unpaired) electrons. The van der Waals surface area contributed by atoms with Gasteiger partial charge in [0.1, 0.15) is 5.75 Å². The second kappa shape index (κ2) is 20.8. The smallest absolute Gasteiger partial charge is 0.479 e. The number of nitrogens with one attached hydrogen (secondary N) is 3. The summed E-state index contributed by atoms with van der Waals surface area (Å²) >= 11 is 0. The molecular formula is C39H50N4O15. The van der Waals surface area contributed by atoms with E-state index in [4.69, 9.17) is 23.7 Å². The minimum absolute atomic E-state index is 0.201. The number of ether oxygens (including phenoxy) is 7. The molecule has 1 aliphatic heterocycles. The predicted octanol–water partition coefficient (Wildman–Crippen LogP) is 3.00. The Morgan fingerprint density at radius 3 is 1.81 bits per heavy atom. The van der Waals surface area contributed by atoms with Gasteiger partial charge in [0.2, 0.25) is 0 Å². The number of methoxy groups -OCH3 is 1. The Balaban J connectivity index is 1.58. The average molecular weight is 815 g/mol. The molecule has 1 aromatic heterocycles. The summed E-state index contributed by atoms with van der Waals surface area (Å²) in [4.78, 5) is 105. The largest absolute Gasteiger partial charge is 0.515 e. The van der Waals surface area contributed by atoms with Gasteiger partial charge in [-0.3, -0.25) is 9.59 Å². The van der Waals surface area contributed by atoms with E-state index in [0.717, 1.165) is 41.0 Å². The highest BCUT2D eigenvalue weighted by atomic mass is 16.7. The third-order valence-corrected chi connectivity index (χ3v) is 8.87. The Morgan fingerprint density at radius 1 is 0.776 bits per heavy atom. The standard InChI is InChI=1S/C39H50N4O15/c1-11-43(12-2)16-15-40-33(45)31-19(3)30(41-20(31)4)18-28-27-17-26(13-14-29(27)42-32(28)44)53-21(5)34(46)54-22(6)35(47)55-23(7)36(48)56-24(8)37(49)57-25(9)38(50)58-39(51)52-10/h13-14,17-18,21-25,41H,11-12,15-16H2,1-10H3,(H,40,45)(H,42,44)/b28-18-. The number of anilines is 1. The van der Waals surface area contributed by atoms with Crippen LogP contribution in [0.4, 0.5) is 10.5 Å². The fourth-order valence-corrected chi connectivity index (χ4v) is 5.47. The number of H-pyrrole nitrogens is 1. The van der Waals surface area contributed by atoms with E-state index < -0.39 is 66.5 Å². The van der Waals surface area contributed by atoms with Gasteiger partial charge in [0, 0.05) is 35.7 Å². The third-order valence-electron chi connectivity index (χ3n) is 8.87. The minimum Gasteiger partial charge on any atom is -0.479 e. The Kier molecular flexibility index (Phi) is 16.5. The summed E-state index contributed by atoms with van der Waals surface area (Å²) in [5, 5.41) is 5.75. The van der Waals surface area contributed by atoms with E-state index in [1.165, 1.54) is 19.9 Å². The van der Waals surface area contributed by atoms with Gasteiger partial charge in [0.15, 0.2) is 30.5 Å². The number of benzene rings is 1. The summed E-state index contributed by atoms with van der Waals surface area (Å²) in [6, 6.07) is 4.70. The number of carbonyl (C=O) groups excluding carboxylic acids is 8. The zero-order chi connectivity index (χ0) is 43.4. The molecule has 19 nitrogen and oxygen atoms in total. The van der Waals surface area contributed by atoms with E-state index in [2.05, 4.69) is 43.8 Å². The first kappa shape index (κ1) is 46.1. The van der Waals surface area contributed by atoms with Crippen LogP contribution in [-0.4, -0.2) is 122 Å². The van der Waals surface area contributed by atoms with Crippen LogP contribution < -0.4 is 15.4 Å². The van der Waals surface area contributed by atoms with Crippen LogP contribution in [0.2, 0.25) is 0 Å². The molecule has 0 fully saturated rings. The van der Waals surface area contributed by atoms with E-state index in [-0.39, 0.29) is 17.6 Å². The van der Waals surface area contributed by atoms with Gasteiger partial charge < -0.3 is 53.7 Å². The van der Waals surface area contributed by atoms with Crippen molar-refractivity contribution in [2.75, 3.05) is 38.6 Å². The maximum absolute atomic E-state index is 13.1. The molecule has 316 valence electrons. The molecule has 5 atom stereocenters. The van der Waals surface area contributed by atoms with Gasteiger partial charge in [-0.25, -0.2) is 28.8 Å². The minimum atomic E-state index is -1.56. The van der Waals surface area contributed by atoms with Crippen molar-refractivity contribution in [2.45, 2.75) is 92.8 Å². The molecule has 2 amide bonds. The van der Waals surface area contributed by atoms with E-state index in [1.807, 2.05) is 0 Å². The second-order valence-electron chi connectivity index (χ2n) is 13.1. The van der Waals surface area contributed by atoms with Crippen molar-refractivity contribution in [3.05, 3.63) is 46.3 Å². The van der Waals surface area contributed by atoms with Crippen molar-refractivity contribution in [3.63, 3.8) is 0 Å². The molecule has 2 aromatic rings. The van der Waals surface area contributed by atoms with Gasteiger partial charge in [0.05, 0.1) is 18.2 Å². The van der Waals surface area contributed by atoms with Crippen LogP contribution in [0.15, 0.2) is 18.2 Å². The zero-order valence-corrected chi connectivity index (χ0v) is 34.1. The maximum atomic E-state index is 13.1. The molecular weight excluding hydrogens is 764 g/mol. The van der Waals surface area contributed by atoms with Crippen LogP contribution in [-0.2, 0) is 57.2 Å². The molecule has 0 saturated carbocycles. The number of esters is 5. The molecule has 58 heavy (non-hydrogen) atoms. The number of aromatic nitrogens is 1. The molecule has 0 saturated heterocycles. The SMILES string of the molecule is CCN(CC)CCNC(=O)c1c(C)[nH]c(/C=C2\C(=O)Nc3ccc(OC(C)C(=O)OC(C)C(=O)OC(C)C(=O)OC(C)C(=O)OC(C)C(=O)OC(=O)OC)cc32)c1C. The molecule has 2 heterocycles. The zero-order valence-electron chi connectivity index (χ0n) is 34.1. The van der Waals surface area contributed by atoms with Crippen LogP contribution in [0.3, 0.4) is 0 Å². The first-order valence-corrected chi connectivity index (χ1v) is 18.5. The summed E-state index contributed by atoms with van der Waals surface area (Å²) in [6.45, 7) is 16.6. The lowest BCUT2D eigenvalue weighted by Crippen LogP contribution is -2.38. The van der Waals surface area contributed by atoms with Crippen molar-refractivity contribution in [3.8, 4) is 5.75 Å².